The van der Waals surface area contributed by atoms with Gasteiger partial charge in [0.2, 0.25) is 0 Å². The normalized spacial score (nSPS) is 28.2. The van der Waals surface area contributed by atoms with Crippen LogP contribution in [0.5, 0.6) is 0 Å². The van der Waals surface area contributed by atoms with Crippen molar-refractivity contribution in [3.8, 4) is 0 Å². The molecule has 148 valence electrons. The van der Waals surface area contributed by atoms with Crippen molar-refractivity contribution < 1.29 is 52.0 Å². The highest BCUT2D eigenvalue weighted by molar-refractivity contribution is 5.79. The number of hydrogen-bond acceptors (Lipinski definition) is 9. The number of hydrogen-bond donors (Lipinski definition) is 2. The van der Waals surface area contributed by atoms with Gasteiger partial charge in [0.15, 0.2) is 18.5 Å². The molecule has 0 aromatic rings. The second-order valence-corrected chi connectivity index (χ2v) is 5.35. The van der Waals surface area contributed by atoms with Crippen LogP contribution in [0.15, 0.2) is 0 Å². The van der Waals surface area contributed by atoms with Crippen molar-refractivity contribution in [1.82, 2.24) is 5.32 Å². The van der Waals surface area contributed by atoms with Crippen LogP contribution in [0.1, 0.15) is 20.8 Å². The van der Waals surface area contributed by atoms with E-state index in [4.69, 9.17) is 18.9 Å². The van der Waals surface area contributed by atoms with E-state index in [1.54, 1.807) is 5.32 Å². The average molecular weight is 383 g/mol. The maximum atomic E-state index is 12.5. The van der Waals surface area contributed by atoms with E-state index in [1.807, 2.05) is 0 Å². The summed E-state index contributed by atoms with van der Waals surface area (Å²) in [5.74, 6) is -4.21. The summed E-state index contributed by atoms with van der Waals surface area (Å²) in [7, 11) is 0. The molecule has 2 N–H and O–H groups in total. The van der Waals surface area contributed by atoms with Crippen molar-refractivity contribution >= 4 is 23.8 Å². The van der Waals surface area contributed by atoms with Crippen LogP contribution < -0.4 is 5.32 Å². The Morgan fingerprint density at radius 1 is 1.04 bits per heavy atom. The first-order chi connectivity index (χ1) is 12.0. The predicted octanol–water partition coefficient (Wildman–Crippen LogP) is -1.12. The van der Waals surface area contributed by atoms with Crippen molar-refractivity contribution in [3.63, 3.8) is 0 Å². The summed E-state index contributed by atoms with van der Waals surface area (Å²) in [6.45, 7) is 2.61. The molecule has 1 heterocycles. The number of aliphatic hydroxyl groups excluding tert-OH is 1. The van der Waals surface area contributed by atoms with Crippen LogP contribution in [0.4, 0.5) is 8.78 Å². The Kier molecular flexibility index (Phi) is 7.83. The molecular weight excluding hydrogens is 364 g/mol. The van der Waals surface area contributed by atoms with Gasteiger partial charge in [-0.25, -0.2) is 0 Å². The minimum Gasteiger partial charge on any atom is -0.463 e. The van der Waals surface area contributed by atoms with E-state index in [1.165, 1.54) is 0 Å². The van der Waals surface area contributed by atoms with Crippen molar-refractivity contribution in [3.05, 3.63) is 0 Å². The molecule has 1 rings (SSSR count). The number of alkyl halides is 2. The van der Waals surface area contributed by atoms with Crippen LogP contribution in [0, 0.1) is 0 Å². The molecule has 5 atom stereocenters. The molecule has 10 nitrogen and oxygen atoms in total. The molecule has 1 fully saturated rings. The SMILES string of the molecule is CC(=O)OC[C@H]1O[C@@H](O)[C@H](NC(=O)C(F)F)[C@@H](OC(C)=O)[C@@H]1OC(C)=O. The first kappa shape index (κ1) is 21.7. The van der Waals surface area contributed by atoms with Crippen molar-refractivity contribution in [1.29, 1.82) is 0 Å². The maximum Gasteiger partial charge on any atom is 0.315 e. The smallest absolute Gasteiger partial charge is 0.315 e. The van der Waals surface area contributed by atoms with Crippen LogP contribution in [0.25, 0.3) is 0 Å². The van der Waals surface area contributed by atoms with Crippen LogP contribution in [0.2, 0.25) is 0 Å². The van der Waals surface area contributed by atoms with E-state index in [2.05, 4.69) is 0 Å². The van der Waals surface area contributed by atoms with E-state index in [-0.39, 0.29) is 0 Å². The van der Waals surface area contributed by atoms with E-state index < -0.39 is 67.5 Å². The third-order valence-corrected chi connectivity index (χ3v) is 3.23. The van der Waals surface area contributed by atoms with Crippen LogP contribution in [-0.2, 0) is 38.1 Å². The summed E-state index contributed by atoms with van der Waals surface area (Å²) in [4.78, 5) is 44.9. The Hall–Kier alpha value is -2.34. The lowest BCUT2D eigenvalue weighted by Gasteiger charge is -2.43. The van der Waals surface area contributed by atoms with Crippen LogP contribution >= 0.6 is 0 Å². The van der Waals surface area contributed by atoms with Crippen molar-refractivity contribution in [2.75, 3.05) is 6.61 Å². The minimum atomic E-state index is -3.41. The lowest BCUT2D eigenvalue weighted by atomic mass is 9.96. The Balaban J connectivity index is 3.14. The molecule has 1 aliphatic heterocycles. The number of aliphatic hydroxyl groups is 1. The molecule has 26 heavy (non-hydrogen) atoms. The second kappa shape index (κ2) is 9.38. The summed E-state index contributed by atoms with van der Waals surface area (Å²) in [6.07, 6.45) is -9.60. The van der Waals surface area contributed by atoms with Gasteiger partial charge in [-0.2, -0.15) is 8.78 Å². The number of ether oxygens (including phenoxy) is 4. The second-order valence-electron chi connectivity index (χ2n) is 5.35. The topological polar surface area (TPSA) is 137 Å². The Morgan fingerprint density at radius 2 is 1.58 bits per heavy atom. The molecule has 0 saturated carbocycles. The van der Waals surface area contributed by atoms with Gasteiger partial charge in [-0.15, -0.1) is 0 Å². The highest BCUT2D eigenvalue weighted by atomic mass is 19.3. The summed E-state index contributed by atoms with van der Waals surface area (Å²) in [5, 5.41) is 11.8. The van der Waals surface area contributed by atoms with Gasteiger partial charge < -0.3 is 29.4 Å². The molecule has 1 saturated heterocycles. The van der Waals surface area contributed by atoms with Crippen LogP contribution in [0.3, 0.4) is 0 Å². The highest BCUT2D eigenvalue weighted by Crippen LogP contribution is 2.26. The average Bonchev–Trinajstić information content (AvgIpc) is 2.50. The molecular formula is C14H19F2NO9. The van der Waals surface area contributed by atoms with Gasteiger partial charge in [0.1, 0.15) is 18.8 Å². The number of rotatable bonds is 6. The minimum absolute atomic E-state index is 0.488. The zero-order valence-corrected chi connectivity index (χ0v) is 14.1. The molecule has 0 bridgehead atoms. The first-order valence-corrected chi connectivity index (χ1v) is 7.42. The van der Waals surface area contributed by atoms with Crippen molar-refractivity contribution in [2.45, 2.75) is 57.8 Å². The Morgan fingerprint density at radius 3 is 2.04 bits per heavy atom. The Labute approximate surface area is 146 Å². The number of amides is 1. The number of esters is 3. The number of halogens is 2. The molecule has 1 aliphatic rings. The monoisotopic (exact) mass is 383 g/mol. The molecule has 0 unspecified atom stereocenters. The van der Waals surface area contributed by atoms with E-state index in [0.717, 1.165) is 20.8 Å². The van der Waals surface area contributed by atoms with Gasteiger partial charge in [-0.1, -0.05) is 0 Å². The van der Waals surface area contributed by atoms with E-state index in [9.17, 15) is 33.1 Å². The first-order valence-electron chi connectivity index (χ1n) is 7.42. The fourth-order valence-electron chi connectivity index (χ4n) is 2.30. The molecule has 0 aromatic heterocycles. The molecule has 1 amide bonds. The number of nitrogens with one attached hydrogen (secondary N) is 1. The Bertz CT molecular complexity index is 557. The fraction of sp³-hybridized carbons (Fsp3) is 0.714. The fourth-order valence-corrected chi connectivity index (χ4v) is 2.30. The molecule has 0 aliphatic carbocycles. The molecule has 0 radical (unpaired) electrons. The van der Waals surface area contributed by atoms with Crippen molar-refractivity contribution in [2.24, 2.45) is 0 Å². The third-order valence-electron chi connectivity index (χ3n) is 3.23. The molecule has 12 heteroatoms. The van der Waals surface area contributed by atoms with Gasteiger partial charge in [0.05, 0.1) is 0 Å². The predicted molar refractivity (Wildman–Crippen MR) is 76.6 cm³/mol. The largest absolute Gasteiger partial charge is 0.463 e. The summed E-state index contributed by atoms with van der Waals surface area (Å²) < 4.78 is 44.8. The van der Waals surface area contributed by atoms with E-state index >= 15 is 0 Å². The quantitative estimate of drug-likeness (QED) is 0.431. The number of carbonyl (C=O) groups is 4. The van der Waals surface area contributed by atoms with Gasteiger partial charge in [-0.05, 0) is 0 Å². The molecule has 0 spiro atoms. The highest BCUT2D eigenvalue weighted by Gasteiger charge is 2.50. The third kappa shape index (κ3) is 6.19. The van der Waals surface area contributed by atoms with Gasteiger partial charge >= 0.3 is 24.3 Å². The number of carbonyl (C=O) groups excluding carboxylic acids is 4. The molecule has 0 aromatic carbocycles. The lowest BCUT2D eigenvalue weighted by Crippen LogP contribution is -2.66. The summed E-state index contributed by atoms with van der Waals surface area (Å²) in [5.41, 5.74) is 0. The van der Waals surface area contributed by atoms with Gasteiger partial charge in [-0.3, -0.25) is 19.2 Å². The zero-order valence-electron chi connectivity index (χ0n) is 14.1. The van der Waals surface area contributed by atoms with Crippen LogP contribution in [-0.4, -0.2) is 72.6 Å². The zero-order chi connectivity index (χ0) is 20.0. The maximum absolute atomic E-state index is 12.5. The summed E-state index contributed by atoms with van der Waals surface area (Å²) >= 11 is 0. The van der Waals surface area contributed by atoms with Gasteiger partial charge in [0, 0.05) is 20.8 Å². The summed E-state index contributed by atoms with van der Waals surface area (Å²) in [6, 6.07) is -1.65. The lowest BCUT2D eigenvalue weighted by molar-refractivity contribution is -0.265. The standard InChI is InChI=1S/C14H19F2NO9/c1-5(18)23-4-8-10(24-6(2)19)11(25-7(3)20)9(14(22)26-8)17-13(21)12(15)16/h8-12,14,22H,4H2,1-3H3,(H,17,21)/t8-,9-,10-,11-,14-/m1/s1. The van der Waals surface area contributed by atoms with E-state index in [0.29, 0.717) is 0 Å². The van der Waals surface area contributed by atoms with Gasteiger partial charge in [0.25, 0.3) is 5.91 Å².